The summed E-state index contributed by atoms with van der Waals surface area (Å²) in [6.45, 7) is 3.65. The minimum atomic E-state index is -0.805. The van der Waals surface area contributed by atoms with Crippen LogP contribution in [0.4, 0.5) is 0 Å². The van der Waals surface area contributed by atoms with Crippen LogP contribution in [0.15, 0.2) is 17.3 Å². The van der Waals surface area contributed by atoms with Crippen molar-refractivity contribution in [2.24, 2.45) is 5.16 Å². The molecule has 0 aromatic heterocycles. The average molecular weight is 215 g/mol. The Bertz CT molecular complexity index is 282. The summed E-state index contributed by atoms with van der Waals surface area (Å²) in [6, 6.07) is 0. The van der Waals surface area contributed by atoms with Crippen molar-refractivity contribution in [1.82, 2.24) is 0 Å². The fourth-order valence-electron chi connectivity index (χ4n) is 0.685. The minimum Gasteiger partial charge on any atom is -0.463 e. The highest BCUT2D eigenvalue weighted by Crippen LogP contribution is 1.89. The first-order chi connectivity index (χ1) is 7.15. The molecule has 0 saturated carbocycles. The molecule has 0 aliphatic carbocycles. The van der Waals surface area contributed by atoms with Crippen molar-refractivity contribution in [3.8, 4) is 0 Å². The van der Waals surface area contributed by atoms with E-state index in [9.17, 15) is 9.59 Å². The molecule has 0 aromatic carbocycles. The number of nitrogens with zero attached hydrogens (tertiary/aromatic N) is 1. The Morgan fingerprint density at radius 2 is 1.80 bits per heavy atom. The molecular weight excluding hydrogens is 202 g/mol. The minimum absolute atomic E-state index is 0.158. The molecule has 0 rings (SSSR count). The Balaban J connectivity index is 4.34. The fourth-order valence-corrected chi connectivity index (χ4v) is 0.685. The molecule has 1 N–H and O–H groups in total. The number of rotatable bonds is 5. The first-order valence-corrected chi connectivity index (χ1v) is 4.39. The summed E-state index contributed by atoms with van der Waals surface area (Å²) in [5, 5.41) is 11.1. The standard InChI is InChI=1S/C9H13NO5/c1-3-14-8(11)6-5-7(10-13)9(12)15-4-2/h5-6,13H,3-4H2,1-2H3/b6-5+,10-7+. The van der Waals surface area contributed by atoms with Crippen molar-refractivity contribution >= 4 is 17.7 Å². The quantitative estimate of drug-likeness (QED) is 0.237. The van der Waals surface area contributed by atoms with Crippen LogP contribution < -0.4 is 0 Å². The van der Waals surface area contributed by atoms with Gasteiger partial charge < -0.3 is 14.7 Å². The zero-order chi connectivity index (χ0) is 11.7. The molecule has 0 saturated heterocycles. The van der Waals surface area contributed by atoms with Crippen molar-refractivity contribution in [2.75, 3.05) is 13.2 Å². The molecule has 0 heterocycles. The Morgan fingerprint density at radius 3 is 2.27 bits per heavy atom. The van der Waals surface area contributed by atoms with E-state index >= 15 is 0 Å². The van der Waals surface area contributed by atoms with Gasteiger partial charge in [0.05, 0.1) is 13.2 Å². The summed E-state index contributed by atoms with van der Waals surface area (Å²) in [4.78, 5) is 21.9. The first-order valence-electron chi connectivity index (χ1n) is 4.39. The molecule has 0 unspecified atom stereocenters. The van der Waals surface area contributed by atoms with Gasteiger partial charge in [-0.25, -0.2) is 9.59 Å². The summed E-state index contributed by atoms with van der Waals surface area (Å²) < 4.78 is 9.12. The normalized spacial score (nSPS) is 11.5. The third-order valence-electron chi connectivity index (χ3n) is 1.26. The van der Waals surface area contributed by atoms with Crippen LogP contribution in [0.1, 0.15) is 13.8 Å². The van der Waals surface area contributed by atoms with Crippen LogP contribution >= 0.6 is 0 Å². The van der Waals surface area contributed by atoms with Crippen LogP contribution in [0.25, 0.3) is 0 Å². The van der Waals surface area contributed by atoms with Crippen LogP contribution in [0, 0.1) is 0 Å². The van der Waals surface area contributed by atoms with E-state index in [0.29, 0.717) is 0 Å². The van der Waals surface area contributed by atoms with Crippen LogP contribution in [0.5, 0.6) is 0 Å². The monoisotopic (exact) mass is 215 g/mol. The van der Waals surface area contributed by atoms with Gasteiger partial charge in [0.1, 0.15) is 0 Å². The molecule has 0 radical (unpaired) electrons. The SMILES string of the molecule is CCOC(=O)/C=C/C(=N\O)C(=O)OCC. The summed E-state index contributed by atoms with van der Waals surface area (Å²) in [5.74, 6) is -1.43. The highest BCUT2D eigenvalue weighted by Gasteiger charge is 2.10. The third kappa shape index (κ3) is 5.45. The van der Waals surface area contributed by atoms with E-state index in [2.05, 4.69) is 14.6 Å². The van der Waals surface area contributed by atoms with Crippen molar-refractivity contribution in [2.45, 2.75) is 13.8 Å². The van der Waals surface area contributed by atoms with Crippen molar-refractivity contribution in [3.63, 3.8) is 0 Å². The number of hydrogen-bond acceptors (Lipinski definition) is 6. The first kappa shape index (κ1) is 13.2. The van der Waals surface area contributed by atoms with Gasteiger partial charge in [-0.05, 0) is 19.9 Å². The third-order valence-corrected chi connectivity index (χ3v) is 1.26. The second-order valence-electron chi connectivity index (χ2n) is 2.29. The molecule has 0 aliphatic heterocycles. The van der Waals surface area contributed by atoms with E-state index in [4.69, 9.17) is 5.21 Å². The predicted molar refractivity (Wildman–Crippen MR) is 51.6 cm³/mol. The molecule has 0 bridgehead atoms. The lowest BCUT2D eigenvalue weighted by atomic mass is 10.3. The molecular formula is C9H13NO5. The van der Waals surface area contributed by atoms with Gasteiger partial charge in [-0.3, -0.25) is 0 Å². The Kier molecular flexibility index (Phi) is 6.61. The number of ether oxygens (including phenoxy) is 2. The number of hydrogen-bond donors (Lipinski definition) is 1. The van der Waals surface area contributed by atoms with Crippen LogP contribution in [-0.4, -0.2) is 36.1 Å². The lowest BCUT2D eigenvalue weighted by Gasteiger charge is -1.99. The van der Waals surface area contributed by atoms with Crippen LogP contribution in [-0.2, 0) is 19.1 Å². The molecule has 84 valence electrons. The molecule has 0 fully saturated rings. The maximum atomic E-state index is 11.0. The lowest BCUT2D eigenvalue weighted by Crippen LogP contribution is -2.16. The largest absolute Gasteiger partial charge is 0.463 e. The van der Waals surface area contributed by atoms with Gasteiger partial charge in [-0.1, -0.05) is 5.16 Å². The van der Waals surface area contributed by atoms with E-state index in [0.717, 1.165) is 12.2 Å². The number of carbonyl (C=O) groups excluding carboxylic acids is 2. The average Bonchev–Trinajstić information content (AvgIpc) is 2.19. The Morgan fingerprint density at radius 1 is 1.20 bits per heavy atom. The van der Waals surface area contributed by atoms with Crippen molar-refractivity contribution in [1.29, 1.82) is 0 Å². The smallest absolute Gasteiger partial charge is 0.360 e. The highest BCUT2D eigenvalue weighted by molar-refractivity contribution is 6.41. The van der Waals surface area contributed by atoms with E-state index in [-0.39, 0.29) is 18.9 Å². The van der Waals surface area contributed by atoms with E-state index < -0.39 is 11.9 Å². The van der Waals surface area contributed by atoms with Crippen LogP contribution in [0.3, 0.4) is 0 Å². The van der Waals surface area contributed by atoms with E-state index in [1.165, 1.54) is 0 Å². The fraction of sp³-hybridized carbons (Fsp3) is 0.444. The molecule has 15 heavy (non-hydrogen) atoms. The Labute approximate surface area is 87.2 Å². The van der Waals surface area contributed by atoms with Gasteiger partial charge >= 0.3 is 11.9 Å². The number of oxime groups is 1. The summed E-state index contributed by atoms with van der Waals surface area (Å²) >= 11 is 0. The molecule has 0 aliphatic rings. The van der Waals surface area contributed by atoms with E-state index in [1.54, 1.807) is 13.8 Å². The van der Waals surface area contributed by atoms with Gasteiger partial charge in [-0.15, -0.1) is 0 Å². The van der Waals surface area contributed by atoms with Gasteiger partial charge in [0.15, 0.2) is 5.71 Å². The van der Waals surface area contributed by atoms with E-state index in [1.807, 2.05) is 0 Å². The van der Waals surface area contributed by atoms with Crippen molar-refractivity contribution < 1.29 is 24.3 Å². The predicted octanol–water partition coefficient (Wildman–Crippen LogP) is 0.499. The van der Waals surface area contributed by atoms with Crippen molar-refractivity contribution in [3.05, 3.63) is 12.2 Å². The maximum absolute atomic E-state index is 11.0. The molecule has 0 amide bonds. The zero-order valence-electron chi connectivity index (χ0n) is 8.60. The zero-order valence-corrected chi connectivity index (χ0v) is 8.60. The van der Waals surface area contributed by atoms with Gasteiger partial charge in [-0.2, -0.15) is 0 Å². The molecule has 0 aromatic rings. The summed E-state index contributed by atoms with van der Waals surface area (Å²) in [7, 11) is 0. The Hall–Kier alpha value is -1.85. The second kappa shape index (κ2) is 7.54. The maximum Gasteiger partial charge on any atom is 0.360 e. The lowest BCUT2D eigenvalue weighted by molar-refractivity contribution is -0.137. The highest BCUT2D eigenvalue weighted by atomic mass is 16.5. The number of esters is 2. The number of carbonyl (C=O) groups is 2. The molecule has 0 spiro atoms. The molecule has 6 heteroatoms. The molecule has 6 nitrogen and oxygen atoms in total. The van der Waals surface area contributed by atoms with Gasteiger partial charge in [0.25, 0.3) is 0 Å². The van der Waals surface area contributed by atoms with Gasteiger partial charge in [0.2, 0.25) is 0 Å². The van der Waals surface area contributed by atoms with Gasteiger partial charge in [0, 0.05) is 6.08 Å². The summed E-state index contributed by atoms with van der Waals surface area (Å²) in [5.41, 5.74) is -0.357. The second-order valence-corrected chi connectivity index (χ2v) is 2.29. The summed E-state index contributed by atoms with van der Waals surface area (Å²) in [6.07, 6.45) is 2.01. The molecule has 0 atom stereocenters. The van der Waals surface area contributed by atoms with Crippen LogP contribution in [0.2, 0.25) is 0 Å². The topological polar surface area (TPSA) is 85.2 Å².